The van der Waals surface area contributed by atoms with Gasteiger partial charge >= 0.3 is 0 Å². The van der Waals surface area contributed by atoms with Crippen LogP contribution in [0.5, 0.6) is 0 Å². The van der Waals surface area contributed by atoms with Crippen molar-refractivity contribution >= 4 is 15.6 Å². The molecule has 1 saturated heterocycles. The Kier molecular flexibility index (Phi) is 5.11. The predicted molar refractivity (Wildman–Crippen MR) is 125 cm³/mol. The van der Waals surface area contributed by atoms with Crippen molar-refractivity contribution in [2.75, 3.05) is 0 Å². The topological polar surface area (TPSA) is 54.5 Å². The summed E-state index contributed by atoms with van der Waals surface area (Å²) in [6, 6.07) is 27.6. The number of carbonyl (C=O) groups excluding carboxylic acids is 1. The molecule has 5 rings (SSSR count). The highest BCUT2D eigenvalue weighted by Gasteiger charge is 2.62. The zero-order valence-electron chi connectivity index (χ0n) is 17.8. The highest BCUT2D eigenvalue weighted by Crippen LogP contribution is 2.53. The van der Waals surface area contributed by atoms with Gasteiger partial charge in [0.05, 0.1) is 10.1 Å². The lowest BCUT2D eigenvalue weighted by Gasteiger charge is -2.45. The number of fused-ring (bicyclic) bond motifs is 2. The van der Waals surface area contributed by atoms with Crippen LogP contribution in [-0.2, 0) is 20.2 Å². The summed E-state index contributed by atoms with van der Waals surface area (Å²) in [6.07, 6.45) is 3.61. The van der Waals surface area contributed by atoms with Gasteiger partial charge in [-0.3, -0.25) is 9.69 Å². The number of rotatable bonds is 5. The summed E-state index contributed by atoms with van der Waals surface area (Å²) in [6.45, 7) is 2.06. The average Bonchev–Trinajstić information content (AvgIpc) is 3.12. The van der Waals surface area contributed by atoms with Crippen LogP contribution in [0.25, 0.3) is 0 Å². The normalized spacial score (nSPS) is 26.2. The number of hydrogen-bond acceptors (Lipinski definition) is 4. The van der Waals surface area contributed by atoms with Gasteiger partial charge in [0.1, 0.15) is 5.54 Å². The Bertz CT molecular complexity index is 1260. The molecule has 4 nitrogen and oxygen atoms in total. The summed E-state index contributed by atoms with van der Waals surface area (Å²) in [4.78, 5) is 16.0. The third-order valence-electron chi connectivity index (χ3n) is 6.91. The van der Waals surface area contributed by atoms with Crippen molar-refractivity contribution in [2.24, 2.45) is 0 Å². The minimum absolute atomic E-state index is 0.0616. The van der Waals surface area contributed by atoms with E-state index in [1.54, 1.807) is 36.4 Å². The predicted octanol–water partition coefficient (Wildman–Crippen LogP) is 4.70. The molecule has 1 fully saturated rings. The Morgan fingerprint density at radius 3 is 2.06 bits per heavy atom. The summed E-state index contributed by atoms with van der Waals surface area (Å²) in [7, 11) is -3.66. The van der Waals surface area contributed by atoms with E-state index in [4.69, 9.17) is 0 Å². The van der Waals surface area contributed by atoms with Crippen LogP contribution >= 0.6 is 0 Å². The van der Waals surface area contributed by atoms with E-state index in [0.717, 1.165) is 11.1 Å². The number of ketones is 1. The standard InChI is InChI=1S/C27H25NO3S/c1-20(21-11-5-2-6-12-21)28-24-17-18-26(29)27(28,22-13-7-3-8-14-22)19-25(24)32(30,31)23-15-9-4-10-16-23/h2-18,20,24-25H,19H2,1H3/t20-,24+,25-,27-/m0/s1. The van der Waals surface area contributed by atoms with Gasteiger partial charge in [0.15, 0.2) is 15.6 Å². The van der Waals surface area contributed by atoms with E-state index in [1.807, 2.05) is 66.7 Å². The Hall–Kier alpha value is -3.02. The zero-order valence-corrected chi connectivity index (χ0v) is 18.7. The molecule has 0 aromatic heterocycles. The molecule has 162 valence electrons. The molecule has 2 bridgehead atoms. The first-order valence-corrected chi connectivity index (χ1v) is 12.4. The lowest BCUT2D eigenvalue weighted by molar-refractivity contribution is -0.128. The summed E-state index contributed by atoms with van der Waals surface area (Å²) in [5.74, 6) is -0.0616. The van der Waals surface area contributed by atoms with Gasteiger partial charge in [0, 0.05) is 12.1 Å². The van der Waals surface area contributed by atoms with Crippen molar-refractivity contribution in [3.05, 3.63) is 114 Å². The molecule has 32 heavy (non-hydrogen) atoms. The second kappa shape index (κ2) is 7.84. The first-order valence-electron chi connectivity index (χ1n) is 10.9. The minimum Gasteiger partial charge on any atom is -0.292 e. The van der Waals surface area contributed by atoms with Crippen LogP contribution in [0.4, 0.5) is 0 Å². The zero-order chi connectivity index (χ0) is 22.3. The molecule has 0 unspecified atom stereocenters. The monoisotopic (exact) mass is 443 g/mol. The SMILES string of the molecule is C[C@@H](c1ccccc1)N1[C@@H]2C=CC(=O)[C@@]1(c1ccccc1)C[C@@H]2S(=O)(=O)c1ccccc1. The van der Waals surface area contributed by atoms with E-state index >= 15 is 0 Å². The number of hydrogen-bond donors (Lipinski definition) is 0. The molecular formula is C27H25NO3S. The molecule has 0 amide bonds. The van der Waals surface area contributed by atoms with Crippen LogP contribution in [0, 0.1) is 0 Å². The van der Waals surface area contributed by atoms with Crippen LogP contribution in [0.2, 0.25) is 0 Å². The molecule has 0 saturated carbocycles. The smallest absolute Gasteiger partial charge is 0.183 e. The lowest BCUT2D eigenvalue weighted by Crippen LogP contribution is -2.53. The molecule has 2 aliphatic rings. The molecule has 0 spiro atoms. The fraction of sp³-hybridized carbons (Fsp3) is 0.222. The number of benzene rings is 3. The second-order valence-electron chi connectivity index (χ2n) is 8.53. The maximum Gasteiger partial charge on any atom is 0.183 e. The van der Waals surface area contributed by atoms with Crippen molar-refractivity contribution in [1.82, 2.24) is 4.90 Å². The molecule has 5 heteroatoms. The van der Waals surface area contributed by atoms with E-state index in [2.05, 4.69) is 11.8 Å². The van der Waals surface area contributed by atoms with Gasteiger partial charge in [0.25, 0.3) is 0 Å². The Morgan fingerprint density at radius 1 is 0.875 bits per heavy atom. The van der Waals surface area contributed by atoms with Gasteiger partial charge in [-0.15, -0.1) is 0 Å². The molecule has 3 aromatic rings. The highest BCUT2D eigenvalue weighted by atomic mass is 32.2. The Labute approximate surface area is 189 Å². The van der Waals surface area contributed by atoms with Crippen LogP contribution in [0.15, 0.2) is 108 Å². The van der Waals surface area contributed by atoms with Crippen molar-refractivity contribution in [1.29, 1.82) is 0 Å². The molecule has 0 radical (unpaired) electrons. The van der Waals surface area contributed by atoms with Crippen LogP contribution < -0.4 is 0 Å². The lowest BCUT2D eigenvalue weighted by atomic mass is 9.81. The van der Waals surface area contributed by atoms with Crippen LogP contribution in [0.3, 0.4) is 0 Å². The summed E-state index contributed by atoms with van der Waals surface area (Å²) >= 11 is 0. The number of sulfone groups is 1. The molecule has 2 heterocycles. The molecule has 0 aliphatic carbocycles. The van der Waals surface area contributed by atoms with Crippen molar-refractivity contribution in [3.8, 4) is 0 Å². The summed E-state index contributed by atoms with van der Waals surface area (Å²) in [5.41, 5.74) is 0.870. The molecule has 0 N–H and O–H groups in total. The van der Waals surface area contributed by atoms with Gasteiger partial charge in [-0.1, -0.05) is 84.9 Å². The highest BCUT2D eigenvalue weighted by molar-refractivity contribution is 7.92. The van der Waals surface area contributed by atoms with Gasteiger partial charge in [-0.25, -0.2) is 8.42 Å². The summed E-state index contributed by atoms with van der Waals surface area (Å²) < 4.78 is 27.6. The van der Waals surface area contributed by atoms with Crippen molar-refractivity contribution in [2.45, 2.75) is 41.1 Å². The maximum absolute atomic E-state index is 13.8. The molecule has 2 aliphatic heterocycles. The third-order valence-corrected chi connectivity index (χ3v) is 9.08. The van der Waals surface area contributed by atoms with Crippen LogP contribution in [0.1, 0.15) is 30.5 Å². The molecule has 3 aromatic carbocycles. The van der Waals surface area contributed by atoms with Crippen molar-refractivity contribution in [3.63, 3.8) is 0 Å². The summed E-state index contributed by atoms with van der Waals surface area (Å²) in [5, 5.41) is -0.723. The fourth-order valence-corrected chi connectivity index (χ4v) is 7.34. The van der Waals surface area contributed by atoms with E-state index in [-0.39, 0.29) is 18.2 Å². The number of carbonyl (C=O) groups is 1. The number of nitrogens with zero attached hydrogens (tertiary/aromatic N) is 1. The largest absolute Gasteiger partial charge is 0.292 e. The van der Waals surface area contributed by atoms with Crippen molar-refractivity contribution < 1.29 is 13.2 Å². The quantitative estimate of drug-likeness (QED) is 0.574. The third kappa shape index (κ3) is 3.07. The average molecular weight is 444 g/mol. The van der Waals surface area contributed by atoms with E-state index in [0.29, 0.717) is 4.90 Å². The first-order chi connectivity index (χ1) is 15.5. The Morgan fingerprint density at radius 2 is 1.44 bits per heavy atom. The van der Waals surface area contributed by atoms with Gasteiger partial charge in [0.2, 0.25) is 0 Å². The Balaban J connectivity index is 1.71. The van der Waals surface area contributed by atoms with Gasteiger partial charge in [-0.05, 0) is 42.7 Å². The molecular weight excluding hydrogens is 418 g/mol. The second-order valence-corrected chi connectivity index (χ2v) is 10.7. The van der Waals surface area contributed by atoms with E-state index in [1.165, 1.54) is 0 Å². The minimum atomic E-state index is -3.66. The van der Waals surface area contributed by atoms with E-state index < -0.39 is 26.7 Å². The van der Waals surface area contributed by atoms with Gasteiger partial charge in [-0.2, -0.15) is 0 Å². The fourth-order valence-electron chi connectivity index (χ4n) is 5.40. The first kappa shape index (κ1) is 20.9. The van der Waals surface area contributed by atoms with Gasteiger partial charge < -0.3 is 0 Å². The maximum atomic E-state index is 13.8. The van der Waals surface area contributed by atoms with E-state index in [9.17, 15) is 13.2 Å². The molecule has 4 atom stereocenters. The van der Waals surface area contributed by atoms with Crippen LogP contribution in [-0.4, -0.2) is 30.4 Å².